The Morgan fingerprint density at radius 1 is 1.00 bits per heavy atom. The summed E-state index contributed by atoms with van der Waals surface area (Å²) in [6, 6.07) is 0.420. The summed E-state index contributed by atoms with van der Waals surface area (Å²) >= 11 is 0. The van der Waals surface area contributed by atoms with Crippen molar-refractivity contribution in [2.24, 2.45) is 23.7 Å². The van der Waals surface area contributed by atoms with E-state index in [9.17, 15) is 31.5 Å². The molecule has 15 heteroatoms. The second-order valence-electron chi connectivity index (χ2n) is 12.6. The van der Waals surface area contributed by atoms with Crippen LogP contribution in [-0.4, -0.2) is 53.0 Å². The van der Waals surface area contributed by atoms with E-state index in [0.717, 1.165) is 32.6 Å². The Bertz CT molecular complexity index is 1500. The van der Waals surface area contributed by atoms with Gasteiger partial charge in [0, 0.05) is 38.2 Å². The van der Waals surface area contributed by atoms with Gasteiger partial charge in [-0.25, -0.2) is 28.4 Å². The van der Waals surface area contributed by atoms with E-state index < -0.39 is 48.3 Å². The van der Waals surface area contributed by atoms with Crippen molar-refractivity contribution in [3.63, 3.8) is 0 Å². The maximum Gasteiger partial charge on any atom is 0.392 e. The number of amides is 2. The van der Waals surface area contributed by atoms with Crippen molar-refractivity contribution in [1.82, 2.24) is 39.8 Å². The summed E-state index contributed by atoms with van der Waals surface area (Å²) in [5.41, 5.74) is 0.911. The molecular formula is C29H35F5N8O2. The largest absolute Gasteiger partial charge is 0.392 e. The number of fused-ring (bicyclic) bond motifs is 1. The van der Waals surface area contributed by atoms with Crippen LogP contribution in [0.4, 0.5) is 22.0 Å². The predicted octanol–water partition coefficient (Wildman–Crippen LogP) is 5.18. The molecule has 10 nitrogen and oxygen atoms in total. The Morgan fingerprint density at radius 3 is 2.32 bits per heavy atom. The first-order valence-corrected chi connectivity index (χ1v) is 15.1. The highest BCUT2D eigenvalue weighted by molar-refractivity contribution is 5.90. The molecule has 3 aliphatic rings. The molecule has 0 radical (unpaired) electrons. The van der Waals surface area contributed by atoms with Crippen molar-refractivity contribution in [1.29, 1.82) is 0 Å². The standard InChI is InChI=1S/C29H35F5N8O2/c1-16(29(32,33)34)12-22(43)39-23(18-4-5-18)20-8-11-41-14-21(38-27(41)37-20)24(19-6-9-28(30,31)10-7-19)40-26(44)25-35-15-36-42(25)13-17-2-3-17/h8,11,14-19,23-24H,2-7,9-10,12-13H2,1H3,(H,39,43)(H,40,44). The van der Waals surface area contributed by atoms with Crippen molar-refractivity contribution in [3.8, 4) is 0 Å². The van der Waals surface area contributed by atoms with E-state index in [0.29, 0.717) is 23.9 Å². The number of imidazole rings is 1. The number of nitrogens with zero attached hydrogens (tertiary/aromatic N) is 6. The van der Waals surface area contributed by atoms with Crippen molar-refractivity contribution >= 4 is 17.6 Å². The Balaban J connectivity index is 1.24. The molecular weight excluding hydrogens is 587 g/mol. The summed E-state index contributed by atoms with van der Waals surface area (Å²) in [6.07, 6.45) is 3.06. The van der Waals surface area contributed by atoms with Gasteiger partial charge in [0.05, 0.1) is 29.4 Å². The van der Waals surface area contributed by atoms with Crippen LogP contribution in [0.2, 0.25) is 0 Å². The van der Waals surface area contributed by atoms with Crippen molar-refractivity contribution < 1.29 is 31.5 Å². The van der Waals surface area contributed by atoms with Gasteiger partial charge >= 0.3 is 6.18 Å². The zero-order valence-corrected chi connectivity index (χ0v) is 24.2. The fourth-order valence-electron chi connectivity index (χ4n) is 5.87. The van der Waals surface area contributed by atoms with Gasteiger partial charge in [-0.2, -0.15) is 18.3 Å². The highest BCUT2D eigenvalue weighted by Gasteiger charge is 2.41. The zero-order valence-electron chi connectivity index (χ0n) is 24.2. The number of alkyl halides is 5. The summed E-state index contributed by atoms with van der Waals surface area (Å²) in [4.78, 5) is 39.4. The van der Waals surface area contributed by atoms with Crippen LogP contribution < -0.4 is 10.6 Å². The van der Waals surface area contributed by atoms with Crippen LogP contribution in [0.5, 0.6) is 0 Å². The van der Waals surface area contributed by atoms with Crippen molar-refractivity contribution in [2.45, 2.75) is 95.4 Å². The molecule has 0 saturated heterocycles. The van der Waals surface area contributed by atoms with E-state index in [1.165, 1.54) is 6.33 Å². The maximum atomic E-state index is 14.1. The Kier molecular flexibility index (Phi) is 8.07. The normalized spacial score (nSPS) is 21.1. The average molecular weight is 623 g/mol. The minimum atomic E-state index is -4.47. The third-order valence-corrected chi connectivity index (χ3v) is 8.93. The minimum absolute atomic E-state index is 0.0495. The first-order valence-electron chi connectivity index (χ1n) is 15.1. The van der Waals surface area contributed by atoms with Gasteiger partial charge in [0.2, 0.25) is 23.4 Å². The first-order chi connectivity index (χ1) is 20.9. The molecule has 2 amide bonds. The number of carbonyl (C=O) groups excluding carboxylic acids is 2. The number of halogens is 5. The van der Waals surface area contributed by atoms with Gasteiger partial charge in [0.1, 0.15) is 6.33 Å². The molecule has 3 fully saturated rings. The first kappa shape index (κ1) is 30.4. The SMILES string of the molecule is CC(CC(=O)NC(c1ccn2cc(C(NC(=O)c3ncnn3CC3CC3)C3CCC(F)(F)CC3)nc2n1)C1CC1)C(F)(F)F. The van der Waals surface area contributed by atoms with E-state index in [1.807, 2.05) is 0 Å². The molecule has 3 aliphatic carbocycles. The molecule has 0 aromatic carbocycles. The van der Waals surface area contributed by atoms with Gasteiger partial charge in [-0.3, -0.25) is 14.0 Å². The lowest BCUT2D eigenvalue weighted by Gasteiger charge is -2.33. The highest BCUT2D eigenvalue weighted by Crippen LogP contribution is 2.43. The number of rotatable bonds is 11. The summed E-state index contributed by atoms with van der Waals surface area (Å²) in [5.74, 6) is -5.11. The quantitative estimate of drug-likeness (QED) is 0.285. The topological polar surface area (TPSA) is 119 Å². The number of carbonyl (C=O) groups is 2. The van der Waals surface area contributed by atoms with Crippen molar-refractivity contribution in [3.05, 3.63) is 42.0 Å². The lowest BCUT2D eigenvalue weighted by atomic mass is 9.81. The number of hydrogen-bond donors (Lipinski definition) is 2. The second kappa shape index (κ2) is 11.7. The summed E-state index contributed by atoms with van der Waals surface area (Å²) in [7, 11) is 0. The Labute approximate surface area is 250 Å². The van der Waals surface area contributed by atoms with E-state index in [1.54, 1.807) is 27.5 Å². The third-order valence-electron chi connectivity index (χ3n) is 8.93. The lowest BCUT2D eigenvalue weighted by molar-refractivity contribution is -0.174. The van der Waals surface area contributed by atoms with Crippen LogP contribution in [-0.2, 0) is 11.3 Å². The molecule has 3 heterocycles. The van der Waals surface area contributed by atoms with Gasteiger partial charge in [0.15, 0.2) is 0 Å². The second-order valence-corrected chi connectivity index (χ2v) is 12.6. The van der Waals surface area contributed by atoms with E-state index in [4.69, 9.17) is 0 Å². The van der Waals surface area contributed by atoms with Crippen LogP contribution in [0.25, 0.3) is 5.78 Å². The van der Waals surface area contributed by atoms with Gasteiger partial charge in [-0.15, -0.1) is 0 Å². The Morgan fingerprint density at radius 2 is 1.66 bits per heavy atom. The molecule has 0 spiro atoms. The number of hydrogen-bond acceptors (Lipinski definition) is 6. The van der Waals surface area contributed by atoms with Crippen LogP contribution >= 0.6 is 0 Å². The minimum Gasteiger partial charge on any atom is -0.347 e. The van der Waals surface area contributed by atoms with Gasteiger partial charge < -0.3 is 10.6 Å². The van der Waals surface area contributed by atoms with Crippen molar-refractivity contribution in [2.75, 3.05) is 0 Å². The zero-order chi connectivity index (χ0) is 31.2. The maximum absolute atomic E-state index is 14.1. The predicted molar refractivity (Wildman–Crippen MR) is 146 cm³/mol. The summed E-state index contributed by atoms with van der Waals surface area (Å²) in [5, 5.41) is 9.91. The summed E-state index contributed by atoms with van der Waals surface area (Å²) < 4.78 is 70.4. The van der Waals surface area contributed by atoms with Crippen LogP contribution in [0.1, 0.15) is 98.8 Å². The number of aromatic nitrogens is 6. The monoisotopic (exact) mass is 622 g/mol. The van der Waals surface area contributed by atoms with E-state index >= 15 is 0 Å². The highest BCUT2D eigenvalue weighted by atomic mass is 19.4. The molecule has 3 aromatic rings. The third kappa shape index (κ3) is 7.01. The number of nitrogens with one attached hydrogen (secondary N) is 2. The van der Waals surface area contributed by atoms with Gasteiger partial charge in [-0.1, -0.05) is 6.92 Å². The average Bonchev–Trinajstić information content (AvgIpc) is 3.88. The van der Waals surface area contributed by atoms with Gasteiger partial charge in [0.25, 0.3) is 5.91 Å². The fourth-order valence-corrected chi connectivity index (χ4v) is 5.87. The molecule has 0 aliphatic heterocycles. The van der Waals surface area contributed by atoms with E-state index in [2.05, 4.69) is 30.7 Å². The smallest absolute Gasteiger partial charge is 0.347 e. The summed E-state index contributed by atoms with van der Waals surface area (Å²) in [6.45, 7) is 1.56. The molecule has 3 unspecified atom stereocenters. The molecule has 3 saturated carbocycles. The molecule has 44 heavy (non-hydrogen) atoms. The molecule has 3 aromatic heterocycles. The lowest BCUT2D eigenvalue weighted by Crippen LogP contribution is -2.38. The molecule has 2 N–H and O–H groups in total. The van der Waals surface area contributed by atoms with Crippen LogP contribution in [0, 0.1) is 23.7 Å². The van der Waals surface area contributed by atoms with Crippen LogP contribution in [0.3, 0.4) is 0 Å². The van der Waals surface area contributed by atoms with Gasteiger partial charge in [-0.05, 0) is 62.3 Å². The Hall–Kier alpha value is -3.65. The molecule has 3 atom stereocenters. The molecule has 238 valence electrons. The van der Waals surface area contributed by atoms with E-state index in [-0.39, 0.29) is 49.1 Å². The van der Waals surface area contributed by atoms with Crippen LogP contribution in [0.15, 0.2) is 24.8 Å². The molecule has 0 bridgehead atoms. The fraction of sp³-hybridized carbons (Fsp3) is 0.655. The molecule has 6 rings (SSSR count).